The number of hydrazone groups is 1. The van der Waals surface area contributed by atoms with Crippen molar-refractivity contribution in [3.8, 4) is 17.2 Å². The van der Waals surface area contributed by atoms with Crippen molar-refractivity contribution in [3.05, 3.63) is 53.6 Å². The number of aryl methyl sites for hydroxylation is 1. The number of ether oxygens (including phenoxy) is 2. The summed E-state index contributed by atoms with van der Waals surface area (Å²) in [6.07, 6.45) is 4.71. The van der Waals surface area contributed by atoms with E-state index in [9.17, 15) is 9.90 Å². The van der Waals surface area contributed by atoms with Crippen LogP contribution in [0.15, 0.2) is 47.6 Å². The maximum Gasteiger partial charge on any atom is 0.277 e. The number of phenols is 1. The average molecular weight is 356 g/mol. The number of nitrogens with one attached hydrogen (secondary N) is 1. The van der Waals surface area contributed by atoms with Crippen molar-refractivity contribution in [2.45, 2.75) is 26.2 Å². The van der Waals surface area contributed by atoms with Gasteiger partial charge in [-0.05, 0) is 42.7 Å². The first-order valence-corrected chi connectivity index (χ1v) is 8.53. The van der Waals surface area contributed by atoms with Crippen LogP contribution in [-0.2, 0) is 11.2 Å². The van der Waals surface area contributed by atoms with Crippen LogP contribution in [0.5, 0.6) is 17.2 Å². The van der Waals surface area contributed by atoms with Gasteiger partial charge in [-0.2, -0.15) is 5.10 Å². The first kappa shape index (κ1) is 19.3. The zero-order valence-electron chi connectivity index (χ0n) is 15.1. The molecule has 0 radical (unpaired) electrons. The molecule has 6 nitrogen and oxygen atoms in total. The summed E-state index contributed by atoms with van der Waals surface area (Å²) in [7, 11) is 1.46. The van der Waals surface area contributed by atoms with Crippen molar-refractivity contribution in [2.24, 2.45) is 5.10 Å². The Morgan fingerprint density at radius 3 is 2.69 bits per heavy atom. The van der Waals surface area contributed by atoms with E-state index >= 15 is 0 Å². The molecule has 26 heavy (non-hydrogen) atoms. The standard InChI is InChI=1S/C20H24N2O4/c1-3-4-6-15-9-11-17(12-10-15)26-14-19(23)22-21-13-16-7-5-8-18(25-2)20(16)24/h5,7-13,24H,3-4,6,14H2,1-2H3,(H,22,23). The van der Waals surface area contributed by atoms with Crippen molar-refractivity contribution in [1.29, 1.82) is 0 Å². The molecule has 2 aromatic carbocycles. The summed E-state index contributed by atoms with van der Waals surface area (Å²) < 4.78 is 10.4. The Bertz CT molecular complexity index is 742. The Kier molecular flexibility index (Phi) is 7.49. The summed E-state index contributed by atoms with van der Waals surface area (Å²) in [5.41, 5.74) is 4.05. The molecule has 0 heterocycles. The fourth-order valence-electron chi connectivity index (χ4n) is 2.30. The molecular formula is C20H24N2O4. The second-order valence-corrected chi connectivity index (χ2v) is 5.73. The van der Waals surface area contributed by atoms with E-state index in [1.54, 1.807) is 18.2 Å². The van der Waals surface area contributed by atoms with E-state index < -0.39 is 5.91 Å². The maximum absolute atomic E-state index is 11.8. The number of carbonyl (C=O) groups is 1. The minimum atomic E-state index is -0.390. The normalized spacial score (nSPS) is 10.7. The number of carbonyl (C=O) groups excluding carboxylic acids is 1. The minimum Gasteiger partial charge on any atom is -0.504 e. The number of unbranched alkanes of at least 4 members (excludes halogenated alkanes) is 1. The highest BCUT2D eigenvalue weighted by Gasteiger charge is 2.05. The molecule has 0 bridgehead atoms. The van der Waals surface area contributed by atoms with Crippen molar-refractivity contribution in [1.82, 2.24) is 5.43 Å². The van der Waals surface area contributed by atoms with Crippen LogP contribution in [0.2, 0.25) is 0 Å². The van der Waals surface area contributed by atoms with Crippen LogP contribution in [0.3, 0.4) is 0 Å². The van der Waals surface area contributed by atoms with Gasteiger partial charge in [-0.25, -0.2) is 5.43 Å². The number of benzene rings is 2. The molecule has 0 unspecified atom stereocenters. The molecule has 1 amide bonds. The number of hydrogen-bond acceptors (Lipinski definition) is 5. The Morgan fingerprint density at radius 1 is 1.23 bits per heavy atom. The minimum absolute atomic E-state index is 0.0348. The monoisotopic (exact) mass is 356 g/mol. The number of methoxy groups -OCH3 is 1. The molecule has 2 N–H and O–H groups in total. The van der Waals surface area contributed by atoms with Crippen LogP contribution in [0.1, 0.15) is 30.9 Å². The molecule has 0 aliphatic rings. The van der Waals surface area contributed by atoms with Gasteiger partial charge in [-0.1, -0.05) is 31.5 Å². The summed E-state index contributed by atoms with van der Waals surface area (Å²) in [6, 6.07) is 12.7. The van der Waals surface area contributed by atoms with Gasteiger partial charge >= 0.3 is 0 Å². The van der Waals surface area contributed by atoms with Crippen LogP contribution in [0.25, 0.3) is 0 Å². The number of nitrogens with zero attached hydrogens (tertiary/aromatic N) is 1. The molecule has 138 valence electrons. The first-order chi connectivity index (χ1) is 12.6. The molecule has 0 saturated carbocycles. The highest BCUT2D eigenvalue weighted by molar-refractivity contribution is 5.86. The molecule has 0 spiro atoms. The Labute approximate surface area is 153 Å². The molecule has 0 aliphatic carbocycles. The lowest BCUT2D eigenvalue weighted by Crippen LogP contribution is -2.24. The Balaban J connectivity index is 1.80. The van der Waals surface area contributed by atoms with Gasteiger partial charge in [0, 0.05) is 5.56 Å². The molecule has 2 aromatic rings. The smallest absolute Gasteiger partial charge is 0.277 e. The first-order valence-electron chi connectivity index (χ1n) is 8.53. The van der Waals surface area contributed by atoms with Gasteiger partial charge in [-0.15, -0.1) is 0 Å². The molecule has 6 heteroatoms. The van der Waals surface area contributed by atoms with Crippen molar-refractivity contribution >= 4 is 12.1 Å². The van der Waals surface area contributed by atoms with E-state index in [1.165, 1.54) is 18.9 Å². The second kappa shape index (κ2) is 10.1. The predicted molar refractivity (Wildman–Crippen MR) is 101 cm³/mol. The largest absolute Gasteiger partial charge is 0.504 e. The number of phenolic OH excluding ortho intramolecular Hbond substituents is 1. The Hall–Kier alpha value is -3.02. The zero-order valence-corrected chi connectivity index (χ0v) is 15.1. The summed E-state index contributed by atoms with van der Waals surface area (Å²) in [6.45, 7) is 2.02. The van der Waals surface area contributed by atoms with E-state index in [0.29, 0.717) is 17.1 Å². The van der Waals surface area contributed by atoms with Gasteiger partial charge in [0.2, 0.25) is 0 Å². The van der Waals surface area contributed by atoms with Gasteiger partial charge in [0.05, 0.1) is 13.3 Å². The number of aromatic hydroxyl groups is 1. The van der Waals surface area contributed by atoms with E-state index in [4.69, 9.17) is 9.47 Å². The van der Waals surface area contributed by atoms with Crippen LogP contribution in [0, 0.1) is 0 Å². The van der Waals surface area contributed by atoms with Gasteiger partial charge in [-0.3, -0.25) is 4.79 Å². The van der Waals surface area contributed by atoms with Gasteiger partial charge < -0.3 is 14.6 Å². The van der Waals surface area contributed by atoms with Gasteiger partial charge in [0.25, 0.3) is 5.91 Å². The lowest BCUT2D eigenvalue weighted by molar-refractivity contribution is -0.123. The molecular weight excluding hydrogens is 332 g/mol. The van der Waals surface area contributed by atoms with Crippen LogP contribution < -0.4 is 14.9 Å². The summed E-state index contributed by atoms with van der Waals surface area (Å²) in [4.78, 5) is 11.8. The maximum atomic E-state index is 11.8. The summed E-state index contributed by atoms with van der Waals surface area (Å²) in [5, 5.41) is 13.7. The van der Waals surface area contributed by atoms with E-state index in [-0.39, 0.29) is 12.4 Å². The van der Waals surface area contributed by atoms with Crippen molar-refractivity contribution < 1.29 is 19.4 Å². The lowest BCUT2D eigenvalue weighted by Gasteiger charge is -2.07. The highest BCUT2D eigenvalue weighted by atomic mass is 16.5. The fourth-order valence-corrected chi connectivity index (χ4v) is 2.30. The highest BCUT2D eigenvalue weighted by Crippen LogP contribution is 2.27. The number of hydrogen-bond donors (Lipinski definition) is 2. The van der Waals surface area contributed by atoms with Crippen molar-refractivity contribution in [2.75, 3.05) is 13.7 Å². The van der Waals surface area contributed by atoms with E-state index in [0.717, 1.165) is 19.3 Å². The SMILES string of the molecule is CCCCc1ccc(OCC(=O)NN=Cc2cccc(OC)c2O)cc1. The van der Waals surface area contributed by atoms with Crippen LogP contribution >= 0.6 is 0 Å². The zero-order chi connectivity index (χ0) is 18.8. The van der Waals surface area contributed by atoms with Crippen LogP contribution in [-0.4, -0.2) is 30.9 Å². The number of rotatable bonds is 9. The van der Waals surface area contributed by atoms with Gasteiger partial charge in [0.1, 0.15) is 5.75 Å². The third kappa shape index (κ3) is 5.81. The average Bonchev–Trinajstić information content (AvgIpc) is 2.67. The summed E-state index contributed by atoms with van der Waals surface area (Å²) in [5.74, 6) is 0.548. The second-order valence-electron chi connectivity index (χ2n) is 5.73. The Morgan fingerprint density at radius 2 is 2.00 bits per heavy atom. The van der Waals surface area contributed by atoms with Crippen molar-refractivity contribution in [3.63, 3.8) is 0 Å². The topological polar surface area (TPSA) is 80.2 Å². The van der Waals surface area contributed by atoms with E-state index in [1.807, 2.05) is 24.3 Å². The molecule has 0 saturated heterocycles. The third-order valence-electron chi connectivity index (χ3n) is 3.76. The third-order valence-corrected chi connectivity index (χ3v) is 3.76. The summed E-state index contributed by atoms with van der Waals surface area (Å²) >= 11 is 0. The fraction of sp³-hybridized carbons (Fsp3) is 0.300. The van der Waals surface area contributed by atoms with Gasteiger partial charge in [0.15, 0.2) is 18.1 Å². The number of amides is 1. The molecule has 0 aromatic heterocycles. The number of para-hydroxylation sites is 1. The molecule has 0 aliphatic heterocycles. The molecule has 2 rings (SSSR count). The quantitative estimate of drug-likeness (QED) is 0.534. The molecule has 0 atom stereocenters. The van der Waals surface area contributed by atoms with Crippen LogP contribution in [0.4, 0.5) is 0 Å². The lowest BCUT2D eigenvalue weighted by atomic mass is 10.1. The van der Waals surface area contributed by atoms with E-state index in [2.05, 4.69) is 17.5 Å². The molecule has 0 fully saturated rings. The predicted octanol–water partition coefficient (Wildman–Crippen LogP) is 3.27.